The lowest BCUT2D eigenvalue weighted by atomic mass is 9.43. The lowest BCUT2D eigenvalue weighted by Gasteiger charge is -2.61. The first-order chi connectivity index (χ1) is 71.2. The number of hydrogen-bond donors (Lipinski definition) is 0. The van der Waals surface area contributed by atoms with Crippen molar-refractivity contribution in [3.05, 3.63) is 416 Å². The third-order valence-electron chi connectivity index (χ3n) is 39.5. The van der Waals surface area contributed by atoms with Gasteiger partial charge in [-0.15, -0.1) is 0 Å². The fraction of sp³-hybridized carbons (Fsp3) is 0.217. The minimum Gasteiger partial charge on any atom is -0.456 e. The van der Waals surface area contributed by atoms with Crippen molar-refractivity contribution in [1.82, 2.24) is 13.7 Å². The molecule has 24 aromatic rings. The quantitative estimate of drug-likeness (QED) is 0.167. The smallest absolute Gasteiger partial charge is 0.136 e. The Labute approximate surface area is 835 Å². The molecular weight excluding hydrogens is 1750 g/mol. The van der Waals surface area contributed by atoms with Crippen LogP contribution in [0.15, 0.2) is 395 Å². The molecule has 690 valence electrons. The number of nitrogens with zero attached hydrogens (tertiary/aromatic N) is 3. The molecule has 0 unspecified atom stereocenters. The van der Waals surface area contributed by atoms with Crippen LogP contribution in [-0.2, 0) is 16.2 Å². The fourth-order valence-electron chi connectivity index (χ4n) is 34.9. The van der Waals surface area contributed by atoms with Crippen LogP contribution in [0.25, 0.3) is 215 Å². The summed E-state index contributed by atoms with van der Waals surface area (Å²) in [6, 6.07) is 144. The van der Waals surface area contributed by atoms with E-state index in [2.05, 4.69) is 384 Å². The number of hydrogen-bond acceptors (Lipinski definition) is 3. The van der Waals surface area contributed by atoms with Crippen LogP contribution in [0.1, 0.15) is 130 Å². The van der Waals surface area contributed by atoms with Crippen LogP contribution in [0, 0.1) is 71.0 Å². The van der Waals surface area contributed by atoms with Crippen LogP contribution in [0.4, 0.5) is 0 Å². The Hall–Kier alpha value is -15.2. The summed E-state index contributed by atoms with van der Waals surface area (Å²) in [6.45, 7) is 0. The van der Waals surface area contributed by atoms with Gasteiger partial charge in [-0.1, -0.05) is 261 Å². The zero-order chi connectivity index (χ0) is 93.4. The van der Waals surface area contributed by atoms with Crippen LogP contribution in [-0.4, -0.2) is 13.7 Å². The molecule has 15 aliphatic carbocycles. The van der Waals surface area contributed by atoms with Crippen LogP contribution < -0.4 is 0 Å². The molecule has 144 heavy (non-hydrogen) atoms. The van der Waals surface area contributed by atoms with Gasteiger partial charge in [-0.2, -0.15) is 0 Å². The number of para-hydroxylation sites is 6. The van der Waals surface area contributed by atoms with Crippen molar-refractivity contribution in [2.45, 2.75) is 113 Å². The third kappa shape index (κ3) is 10.9. The fourth-order valence-corrected chi connectivity index (χ4v) is 34.9. The van der Waals surface area contributed by atoms with Crippen molar-refractivity contribution in [1.29, 1.82) is 0 Å². The van der Waals surface area contributed by atoms with E-state index in [1.165, 1.54) is 278 Å². The Morgan fingerprint density at radius 3 is 0.812 bits per heavy atom. The summed E-state index contributed by atoms with van der Waals surface area (Å²) in [5.74, 6) is 10.1. The zero-order valence-electron chi connectivity index (χ0n) is 80.5. The third-order valence-corrected chi connectivity index (χ3v) is 39.5. The second-order valence-corrected chi connectivity index (χ2v) is 46.0. The number of fused-ring (bicyclic) bond motifs is 27. The van der Waals surface area contributed by atoms with Crippen LogP contribution in [0.3, 0.4) is 0 Å². The highest BCUT2D eigenvalue weighted by Gasteiger charge is 2.65. The normalized spacial score (nSPS) is 25.2. The average Bonchev–Trinajstić information content (AvgIpc) is 1.50. The van der Waals surface area contributed by atoms with E-state index in [1.807, 2.05) is 12.1 Å². The zero-order valence-corrected chi connectivity index (χ0v) is 80.5. The van der Waals surface area contributed by atoms with Crippen molar-refractivity contribution in [2.24, 2.45) is 71.0 Å². The lowest BCUT2D eigenvalue weighted by molar-refractivity contribution is -0.0399. The predicted molar refractivity (Wildman–Crippen MR) is 590 cm³/mol. The molecule has 6 nitrogen and oxygen atoms in total. The molecule has 6 heteroatoms. The molecule has 0 amide bonds. The van der Waals surface area contributed by atoms with Gasteiger partial charge in [0.2, 0.25) is 0 Å². The summed E-state index contributed by atoms with van der Waals surface area (Å²) in [5, 5.41) is 14.9. The molecule has 12 saturated carbocycles. The summed E-state index contributed by atoms with van der Waals surface area (Å²) in [4.78, 5) is 0. The summed E-state index contributed by atoms with van der Waals surface area (Å²) >= 11 is 0. The summed E-state index contributed by atoms with van der Waals surface area (Å²) in [6.07, 6.45) is 21.3. The molecule has 6 heterocycles. The van der Waals surface area contributed by atoms with Gasteiger partial charge in [0.25, 0.3) is 0 Å². The van der Waals surface area contributed by atoms with E-state index in [9.17, 15) is 0 Å². The Morgan fingerprint density at radius 1 is 0.167 bits per heavy atom. The van der Waals surface area contributed by atoms with Crippen molar-refractivity contribution in [2.75, 3.05) is 0 Å². The summed E-state index contributed by atoms with van der Waals surface area (Å²) in [5.41, 5.74) is 43.4. The van der Waals surface area contributed by atoms with Gasteiger partial charge in [-0.25, -0.2) is 0 Å². The maximum atomic E-state index is 6.30. The Bertz CT molecular complexity index is 9250. The van der Waals surface area contributed by atoms with Crippen molar-refractivity contribution in [3.8, 4) is 83.8 Å². The second kappa shape index (κ2) is 29.5. The number of aromatic nitrogens is 3. The first-order valence-corrected chi connectivity index (χ1v) is 53.8. The van der Waals surface area contributed by atoms with Crippen LogP contribution in [0.5, 0.6) is 0 Å². The monoisotopic (exact) mass is 1850 g/mol. The van der Waals surface area contributed by atoms with Crippen LogP contribution in [0.2, 0.25) is 0 Å². The Morgan fingerprint density at radius 2 is 0.431 bits per heavy atom. The Kier molecular flexibility index (Phi) is 16.5. The largest absolute Gasteiger partial charge is 0.456 e. The van der Waals surface area contributed by atoms with Gasteiger partial charge in [0, 0.05) is 97.9 Å². The maximum absolute atomic E-state index is 6.30. The molecule has 0 radical (unpaired) electrons. The Balaban J connectivity index is 0.0000000932. The highest BCUT2D eigenvalue weighted by molar-refractivity contribution is 6.17. The predicted octanol–water partition coefficient (Wildman–Crippen LogP) is 36.2. The lowest BCUT2D eigenvalue weighted by Crippen LogP contribution is -2.55. The molecule has 3 spiro atoms. The van der Waals surface area contributed by atoms with Crippen LogP contribution >= 0.6 is 0 Å². The molecule has 0 aliphatic heterocycles. The molecule has 12 fully saturated rings. The van der Waals surface area contributed by atoms with Gasteiger partial charge >= 0.3 is 0 Å². The van der Waals surface area contributed by atoms with Crippen molar-refractivity contribution >= 4 is 131 Å². The molecule has 0 saturated heterocycles. The van der Waals surface area contributed by atoms with Gasteiger partial charge in [0.15, 0.2) is 0 Å². The van der Waals surface area contributed by atoms with Crippen molar-refractivity contribution < 1.29 is 13.3 Å². The topological polar surface area (TPSA) is 54.2 Å². The highest BCUT2D eigenvalue weighted by Crippen LogP contribution is 2.74. The van der Waals surface area contributed by atoms with Gasteiger partial charge in [0.1, 0.15) is 33.5 Å². The summed E-state index contributed by atoms with van der Waals surface area (Å²) in [7, 11) is 0. The minimum absolute atomic E-state index is 0.150. The average molecular weight is 1850 g/mol. The molecule has 0 N–H and O–H groups in total. The second-order valence-electron chi connectivity index (χ2n) is 46.0. The van der Waals surface area contributed by atoms with E-state index in [0.717, 1.165) is 105 Å². The standard InChI is InChI=1S/3C46H35NO/c1-4-12-39-34(8-1)35-19-17-32(26-40(35)46(39)30-21-27-20-28(23-30)24-31(46)22-27)47-41-13-5-2-9-36(41)37-18-16-29(25-42(37)47)33-11-7-15-44-45(33)38-10-3-6-14-43(38)48-44;2*1-4-10-40-34(7-1)35-17-15-33(26-41(35)46(40)31-20-27-19-28(22-31)23-32(46)21-27)47-42-11-5-2-8-36(42)37-16-13-30(25-43(37)47)29-14-18-45-39(24-29)38-9-3-6-12-44(38)48-45/h1-19,25-28,30-31H,20-24H2;2*1-18,24-28,31-32H,19-23H2. The van der Waals surface area contributed by atoms with E-state index in [1.54, 1.807) is 33.4 Å². The van der Waals surface area contributed by atoms with Gasteiger partial charge in [-0.05, 0) is 389 Å². The summed E-state index contributed by atoms with van der Waals surface area (Å²) < 4.78 is 26.3. The van der Waals surface area contributed by atoms with E-state index in [-0.39, 0.29) is 16.2 Å². The maximum Gasteiger partial charge on any atom is 0.136 e. The molecule has 12 bridgehead atoms. The number of furan rings is 3. The molecule has 0 atom stereocenters. The minimum atomic E-state index is 0.150. The number of benzene rings is 18. The molecule has 18 aromatic carbocycles. The number of rotatable bonds is 6. The van der Waals surface area contributed by atoms with Gasteiger partial charge in [0.05, 0.1) is 33.1 Å². The van der Waals surface area contributed by atoms with E-state index < -0.39 is 0 Å². The molecule has 15 aliphatic rings. The van der Waals surface area contributed by atoms with E-state index >= 15 is 0 Å². The van der Waals surface area contributed by atoms with Crippen molar-refractivity contribution in [3.63, 3.8) is 0 Å². The van der Waals surface area contributed by atoms with Gasteiger partial charge in [-0.3, -0.25) is 0 Å². The molecule has 39 rings (SSSR count). The van der Waals surface area contributed by atoms with E-state index in [4.69, 9.17) is 13.3 Å². The molecule has 6 aromatic heterocycles. The highest BCUT2D eigenvalue weighted by atomic mass is 16.3. The first kappa shape index (κ1) is 80.3. The van der Waals surface area contributed by atoms with Gasteiger partial charge < -0.3 is 27.0 Å². The first-order valence-electron chi connectivity index (χ1n) is 53.8. The van der Waals surface area contributed by atoms with E-state index in [0.29, 0.717) is 0 Å². The SMILES string of the molecule is c1ccc2c(c1)-c1ccc(-n3c4ccccc4c4ccc(-c5ccc6oc7ccccc7c6c5)cc43)cc1C21C2CC3CC(C2)CC1C3.c1ccc2c(c1)-c1ccc(-n3c4ccccc4c4ccc(-c5ccc6oc7ccccc7c6c5)cc43)cc1C21C2CC3CC(C2)CC1C3.c1ccc2c(c1)-c1ccc(-n3c4ccccc4c4ccc(-c5cccc6oc7ccccc7c56)cc43)cc1C21C2CC3CC(C2)CC1C3. The molecular formula is C138H105N3O3.